The van der Waals surface area contributed by atoms with Crippen LogP contribution in [-0.2, 0) is 9.53 Å². The molecule has 1 N–H and O–H groups in total. The molecular weight excluding hydrogens is 234 g/mol. The van der Waals surface area contributed by atoms with Gasteiger partial charge in [-0.2, -0.15) is 0 Å². The van der Waals surface area contributed by atoms with E-state index in [0.717, 1.165) is 12.1 Å². The average molecular weight is 253 g/mol. The Morgan fingerprint density at radius 2 is 2.00 bits per heavy atom. The Kier molecular flexibility index (Phi) is 6.08. The predicted octanol–water partition coefficient (Wildman–Crippen LogP) is 2.62. The lowest BCUT2D eigenvalue weighted by Crippen LogP contribution is -2.30. The summed E-state index contributed by atoms with van der Waals surface area (Å²) in [5, 5.41) is 3.14. The Morgan fingerprint density at radius 1 is 1.35 bits per heavy atom. The lowest BCUT2D eigenvalue weighted by Gasteiger charge is -2.16. The molecule has 1 aromatic carbocycles. The number of hydrogen-bond acceptors (Lipinski definition) is 4. The van der Waals surface area contributed by atoms with E-state index in [-0.39, 0.29) is 12.0 Å². The number of carbonyl (C=O) groups is 1. The van der Waals surface area contributed by atoms with Gasteiger partial charge in [0, 0.05) is 4.90 Å². The minimum Gasteiger partial charge on any atom is -0.465 e. The van der Waals surface area contributed by atoms with Gasteiger partial charge in [-0.15, -0.1) is 11.8 Å². The molecule has 0 amide bonds. The summed E-state index contributed by atoms with van der Waals surface area (Å²) >= 11 is 1.68. The summed E-state index contributed by atoms with van der Waals surface area (Å²) in [7, 11) is 0. The number of carbonyl (C=O) groups excluding carboxylic acids is 1. The largest absolute Gasteiger partial charge is 0.465 e. The fourth-order valence-electron chi connectivity index (χ4n) is 1.56. The van der Waals surface area contributed by atoms with Crippen molar-refractivity contribution in [1.82, 2.24) is 5.32 Å². The lowest BCUT2D eigenvalue weighted by molar-refractivity contribution is -0.145. The zero-order chi connectivity index (χ0) is 12.7. The third kappa shape index (κ3) is 4.06. The first-order valence-electron chi connectivity index (χ1n) is 5.76. The van der Waals surface area contributed by atoms with Crippen LogP contribution in [0.5, 0.6) is 0 Å². The number of thioether (sulfide) groups is 1. The molecule has 17 heavy (non-hydrogen) atoms. The lowest BCUT2D eigenvalue weighted by atomic mass is 10.1. The van der Waals surface area contributed by atoms with E-state index in [4.69, 9.17) is 4.74 Å². The van der Waals surface area contributed by atoms with Crippen LogP contribution in [0, 0.1) is 0 Å². The first kappa shape index (κ1) is 14.1. The SMILES string of the molecule is CCNC(C(=O)OCC)c1ccc(SC)cc1. The van der Waals surface area contributed by atoms with Gasteiger partial charge in [-0.1, -0.05) is 19.1 Å². The Balaban J connectivity index is 2.84. The second kappa shape index (κ2) is 7.35. The second-order valence-corrected chi connectivity index (χ2v) is 4.40. The van der Waals surface area contributed by atoms with Crippen molar-refractivity contribution in [2.75, 3.05) is 19.4 Å². The maximum atomic E-state index is 11.8. The van der Waals surface area contributed by atoms with Crippen LogP contribution in [0.1, 0.15) is 25.5 Å². The van der Waals surface area contributed by atoms with Crippen molar-refractivity contribution >= 4 is 17.7 Å². The van der Waals surface area contributed by atoms with Gasteiger partial charge in [0.05, 0.1) is 6.61 Å². The fraction of sp³-hybridized carbons (Fsp3) is 0.462. The van der Waals surface area contributed by atoms with E-state index < -0.39 is 0 Å². The van der Waals surface area contributed by atoms with Crippen molar-refractivity contribution in [2.45, 2.75) is 24.8 Å². The van der Waals surface area contributed by atoms with Crippen molar-refractivity contribution in [3.63, 3.8) is 0 Å². The van der Waals surface area contributed by atoms with Crippen LogP contribution in [0.15, 0.2) is 29.2 Å². The molecule has 0 aromatic heterocycles. The van der Waals surface area contributed by atoms with Crippen molar-refractivity contribution in [3.8, 4) is 0 Å². The zero-order valence-corrected chi connectivity index (χ0v) is 11.3. The summed E-state index contributed by atoms with van der Waals surface area (Å²) < 4.78 is 5.06. The van der Waals surface area contributed by atoms with E-state index >= 15 is 0 Å². The highest BCUT2D eigenvalue weighted by molar-refractivity contribution is 7.98. The molecule has 1 rings (SSSR count). The summed E-state index contributed by atoms with van der Waals surface area (Å²) in [5.74, 6) is -0.216. The van der Waals surface area contributed by atoms with Crippen molar-refractivity contribution < 1.29 is 9.53 Å². The highest BCUT2D eigenvalue weighted by Crippen LogP contribution is 2.20. The molecule has 0 saturated carbocycles. The van der Waals surface area contributed by atoms with Gasteiger partial charge in [-0.25, -0.2) is 4.79 Å². The van der Waals surface area contributed by atoms with Gasteiger partial charge >= 0.3 is 5.97 Å². The van der Waals surface area contributed by atoms with Gasteiger partial charge in [0.25, 0.3) is 0 Å². The Labute approximate surface area is 107 Å². The van der Waals surface area contributed by atoms with E-state index in [9.17, 15) is 4.79 Å². The Morgan fingerprint density at radius 3 is 2.47 bits per heavy atom. The molecule has 0 aliphatic heterocycles. The number of rotatable bonds is 6. The highest BCUT2D eigenvalue weighted by atomic mass is 32.2. The molecule has 1 aromatic rings. The smallest absolute Gasteiger partial charge is 0.327 e. The molecule has 94 valence electrons. The Hall–Kier alpha value is -1.00. The molecule has 0 radical (unpaired) electrons. The number of ether oxygens (including phenoxy) is 1. The van der Waals surface area contributed by atoms with Gasteiger partial charge in [0.1, 0.15) is 6.04 Å². The topological polar surface area (TPSA) is 38.3 Å². The summed E-state index contributed by atoms with van der Waals surface area (Å²) in [6.45, 7) is 4.93. The molecule has 4 heteroatoms. The summed E-state index contributed by atoms with van der Waals surface area (Å²) in [4.78, 5) is 13.0. The highest BCUT2D eigenvalue weighted by Gasteiger charge is 2.20. The van der Waals surface area contributed by atoms with E-state index in [1.54, 1.807) is 11.8 Å². The summed E-state index contributed by atoms with van der Waals surface area (Å²) in [5.41, 5.74) is 0.947. The fourth-order valence-corrected chi connectivity index (χ4v) is 1.97. The van der Waals surface area contributed by atoms with Crippen LogP contribution in [-0.4, -0.2) is 25.4 Å². The van der Waals surface area contributed by atoms with Gasteiger partial charge in [-0.05, 0) is 37.4 Å². The van der Waals surface area contributed by atoms with Gasteiger partial charge in [0.2, 0.25) is 0 Å². The minimum absolute atomic E-state index is 0.216. The number of hydrogen-bond donors (Lipinski definition) is 1. The third-order valence-corrected chi connectivity index (χ3v) is 3.12. The molecule has 3 nitrogen and oxygen atoms in total. The normalized spacial score (nSPS) is 12.2. The van der Waals surface area contributed by atoms with Crippen molar-refractivity contribution in [2.24, 2.45) is 0 Å². The van der Waals surface area contributed by atoms with Crippen LogP contribution in [0.3, 0.4) is 0 Å². The molecule has 0 spiro atoms. The molecule has 0 fully saturated rings. The standard InChI is InChI=1S/C13H19NO2S/c1-4-14-12(13(15)16-5-2)10-6-8-11(17-3)9-7-10/h6-9,12,14H,4-5H2,1-3H3. The quantitative estimate of drug-likeness (QED) is 0.625. The number of likely N-dealkylation sites (N-methyl/N-ethyl adjacent to an activating group) is 1. The maximum Gasteiger partial charge on any atom is 0.327 e. The minimum atomic E-state index is -0.365. The van der Waals surface area contributed by atoms with E-state index in [0.29, 0.717) is 6.61 Å². The van der Waals surface area contributed by atoms with Gasteiger partial charge in [-0.3, -0.25) is 0 Å². The summed E-state index contributed by atoms with van der Waals surface area (Å²) in [6.07, 6.45) is 2.03. The molecule has 0 heterocycles. The van der Waals surface area contributed by atoms with Crippen LogP contribution in [0.2, 0.25) is 0 Å². The third-order valence-electron chi connectivity index (χ3n) is 2.38. The molecule has 1 atom stereocenters. The molecular formula is C13H19NO2S. The average Bonchev–Trinajstić information content (AvgIpc) is 2.36. The van der Waals surface area contributed by atoms with E-state index in [1.165, 1.54) is 4.90 Å². The second-order valence-electron chi connectivity index (χ2n) is 3.52. The van der Waals surface area contributed by atoms with Crippen LogP contribution < -0.4 is 5.32 Å². The monoisotopic (exact) mass is 253 g/mol. The Bertz CT molecular complexity index is 351. The molecule has 0 saturated heterocycles. The van der Waals surface area contributed by atoms with E-state index in [1.807, 2.05) is 44.4 Å². The predicted molar refractivity (Wildman–Crippen MR) is 71.3 cm³/mol. The number of benzene rings is 1. The van der Waals surface area contributed by atoms with Crippen LogP contribution in [0.25, 0.3) is 0 Å². The number of esters is 1. The zero-order valence-electron chi connectivity index (χ0n) is 10.5. The molecule has 0 aliphatic carbocycles. The molecule has 1 unspecified atom stereocenters. The first-order valence-corrected chi connectivity index (χ1v) is 6.99. The molecule has 0 aliphatic rings. The molecule has 0 bridgehead atoms. The van der Waals surface area contributed by atoms with E-state index in [2.05, 4.69) is 5.32 Å². The number of nitrogens with one attached hydrogen (secondary N) is 1. The van der Waals surface area contributed by atoms with Gasteiger partial charge < -0.3 is 10.1 Å². The van der Waals surface area contributed by atoms with Crippen molar-refractivity contribution in [3.05, 3.63) is 29.8 Å². The summed E-state index contributed by atoms with van der Waals surface area (Å²) in [6, 6.07) is 7.61. The first-order chi connectivity index (χ1) is 8.22. The van der Waals surface area contributed by atoms with Gasteiger partial charge in [0.15, 0.2) is 0 Å². The maximum absolute atomic E-state index is 11.8. The van der Waals surface area contributed by atoms with Crippen LogP contribution >= 0.6 is 11.8 Å². The van der Waals surface area contributed by atoms with Crippen LogP contribution in [0.4, 0.5) is 0 Å². The van der Waals surface area contributed by atoms with Crippen molar-refractivity contribution in [1.29, 1.82) is 0 Å².